The summed E-state index contributed by atoms with van der Waals surface area (Å²) in [6, 6.07) is 5.91. The van der Waals surface area contributed by atoms with E-state index in [-0.39, 0.29) is 6.04 Å². The molecule has 0 fully saturated rings. The Balaban J connectivity index is 2.81. The van der Waals surface area contributed by atoms with Crippen molar-refractivity contribution in [3.8, 4) is 11.5 Å². The Kier molecular flexibility index (Phi) is 7.41. The van der Waals surface area contributed by atoms with Gasteiger partial charge in [-0.2, -0.15) is 0 Å². The van der Waals surface area contributed by atoms with Crippen LogP contribution in [-0.4, -0.2) is 26.9 Å². The fourth-order valence-corrected chi connectivity index (χ4v) is 2.22. The second-order valence-corrected chi connectivity index (χ2v) is 4.97. The van der Waals surface area contributed by atoms with Gasteiger partial charge in [-0.05, 0) is 43.9 Å². The average molecular weight is 281 g/mol. The van der Waals surface area contributed by atoms with Crippen molar-refractivity contribution < 1.29 is 14.2 Å². The van der Waals surface area contributed by atoms with Crippen molar-refractivity contribution in [3.63, 3.8) is 0 Å². The molecule has 20 heavy (non-hydrogen) atoms. The van der Waals surface area contributed by atoms with Gasteiger partial charge in [0.15, 0.2) is 11.5 Å². The molecule has 2 atom stereocenters. The highest BCUT2D eigenvalue weighted by Crippen LogP contribution is 2.31. The Bertz CT molecular complexity index is 395. The molecule has 0 aliphatic rings. The Labute approximate surface area is 122 Å². The minimum absolute atomic E-state index is 0.0185. The molecule has 0 aliphatic heterocycles. The Hall–Kier alpha value is -1.26. The molecule has 0 aromatic heterocycles. The molecule has 0 spiro atoms. The summed E-state index contributed by atoms with van der Waals surface area (Å²) in [5, 5.41) is 0. The lowest BCUT2D eigenvalue weighted by atomic mass is 9.97. The van der Waals surface area contributed by atoms with Gasteiger partial charge in [-0.3, -0.25) is 0 Å². The van der Waals surface area contributed by atoms with Crippen LogP contribution in [0.3, 0.4) is 0 Å². The summed E-state index contributed by atoms with van der Waals surface area (Å²) in [4.78, 5) is 0. The fourth-order valence-electron chi connectivity index (χ4n) is 2.22. The van der Waals surface area contributed by atoms with Crippen molar-refractivity contribution in [2.45, 2.75) is 33.2 Å². The molecule has 1 aromatic carbocycles. The third kappa shape index (κ3) is 5.02. The minimum atomic E-state index is -0.0185. The van der Waals surface area contributed by atoms with Crippen LogP contribution in [0.5, 0.6) is 11.5 Å². The first-order valence-electron chi connectivity index (χ1n) is 7.26. The van der Waals surface area contributed by atoms with Crippen molar-refractivity contribution in [2.75, 3.05) is 26.9 Å². The van der Waals surface area contributed by atoms with Gasteiger partial charge in [0.05, 0.1) is 13.2 Å². The van der Waals surface area contributed by atoms with E-state index in [0.29, 0.717) is 19.1 Å². The number of ether oxygens (including phenoxy) is 3. The summed E-state index contributed by atoms with van der Waals surface area (Å²) in [7, 11) is 1.71. The first-order valence-corrected chi connectivity index (χ1v) is 7.26. The van der Waals surface area contributed by atoms with Crippen molar-refractivity contribution in [3.05, 3.63) is 23.8 Å². The molecule has 4 heteroatoms. The molecule has 2 N–H and O–H groups in total. The summed E-state index contributed by atoms with van der Waals surface area (Å²) in [6.45, 7) is 8.02. The quantitative estimate of drug-likeness (QED) is 0.755. The van der Waals surface area contributed by atoms with E-state index in [1.807, 2.05) is 32.0 Å². The van der Waals surface area contributed by atoms with E-state index in [2.05, 4.69) is 6.92 Å². The number of nitrogens with two attached hydrogens (primary N) is 1. The highest BCUT2D eigenvalue weighted by atomic mass is 16.5. The van der Waals surface area contributed by atoms with E-state index < -0.39 is 0 Å². The van der Waals surface area contributed by atoms with Gasteiger partial charge in [0.1, 0.15) is 0 Å². The molecule has 2 unspecified atom stereocenters. The van der Waals surface area contributed by atoms with E-state index in [9.17, 15) is 0 Å². The third-order valence-corrected chi connectivity index (χ3v) is 3.10. The summed E-state index contributed by atoms with van der Waals surface area (Å²) in [5.41, 5.74) is 7.33. The predicted octanol–water partition coefficient (Wildman–Crippen LogP) is 3.16. The van der Waals surface area contributed by atoms with Gasteiger partial charge in [-0.1, -0.05) is 13.0 Å². The summed E-state index contributed by atoms with van der Waals surface area (Å²) in [5.74, 6) is 1.97. The number of benzene rings is 1. The number of hydrogen-bond donors (Lipinski definition) is 1. The fraction of sp³-hybridized carbons (Fsp3) is 0.625. The second-order valence-electron chi connectivity index (χ2n) is 4.97. The van der Waals surface area contributed by atoms with Gasteiger partial charge in [-0.15, -0.1) is 0 Å². The molecule has 1 rings (SSSR count). The molecule has 1 aromatic rings. The van der Waals surface area contributed by atoms with Crippen molar-refractivity contribution in [1.82, 2.24) is 0 Å². The maximum Gasteiger partial charge on any atom is 0.161 e. The monoisotopic (exact) mass is 281 g/mol. The summed E-state index contributed by atoms with van der Waals surface area (Å²) >= 11 is 0. The maximum absolute atomic E-state index is 6.26. The van der Waals surface area contributed by atoms with Crippen LogP contribution in [0.25, 0.3) is 0 Å². The topological polar surface area (TPSA) is 53.7 Å². The van der Waals surface area contributed by atoms with Gasteiger partial charge in [-0.25, -0.2) is 0 Å². The van der Waals surface area contributed by atoms with Gasteiger partial charge >= 0.3 is 0 Å². The van der Waals surface area contributed by atoms with Crippen molar-refractivity contribution in [1.29, 1.82) is 0 Å². The lowest BCUT2D eigenvalue weighted by molar-refractivity contribution is 0.152. The average Bonchev–Trinajstić information content (AvgIpc) is 2.41. The Morgan fingerprint density at radius 1 is 1.10 bits per heavy atom. The van der Waals surface area contributed by atoms with E-state index in [4.69, 9.17) is 19.9 Å². The van der Waals surface area contributed by atoms with Crippen molar-refractivity contribution in [2.24, 2.45) is 11.7 Å². The van der Waals surface area contributed by atoms with E-state index >= 15 is 0 Å². The highest BCUT2D eigenvalue weighted by Gasteiger charge is 2.14. The molecule has 0 saturated carbocycles. The van der Waals surface area contributed by atoms with Crippen LogP contribution in [0.4, 0.5) is 0 Å². The van der Waals surface area contributed by atoms with Crippen LogP contribution in [0.2, 0.25) is 0 Å². The van der Waals surface area contributed by atoms with Crippen LogP contribution in [0, 0.1) is 5.92 Å². The standard InChI is InChI=1S/C16H27NO3/c1-5-19-15-8-7-13(10-16(15)20-6-2)14(17)9-12(3)11-18-4/h7-8,10,12,14H,5-6,9,11,17H2,1-4H3. The van der Waals surface area contributed by atoms with E-state index in [0.717, 1.165) is 30.1 Å². The van der Waals surface area contributed by atoms with E-state index in [1.54, 1.807) is 7.11 Å². The molecule has 0 amide bonds. The zero-order valence-corrected chi connectivity index (χ0v) is 13.0. The van der Waals surface area contributed by atoms with Gasteiger partial charge in [0.2, 0.25) is 0 Å². The number of rotatable bonds is 9. The number of methoxy groups -OCH3 is 1. The summed E-state index contributed by atoms with van der Waals surface area (Å²) in [6.07, 6.45) is 0.882. The zero-order valence-electron chi connectivity index (χ0n) is 13.0. The first kappa shape index (κ1) is 16.8. The molecule has 0 saturated heterocycles. The largest absolute Gasteiger partial charge is 0.490 e. The first-order chi connectivity index (χ1) is 9.62. The lowest BCUT2D eigenvalue weighted by Crippen LogP contribution is -2.16. The summed E-state index contributed by atoms with van der Waals surface area (Å²) < 4.78 is 16.3. The van der Waals surface area contributed by atoms with Crippen LogP contribution >= 0.6 is 0 Å². The zero-order chi connectivity index (χ0) is 15.0. The van der Waals surface area contributed by atoms with Crippen LogP contribution in [0.1, 0.15) is 38.8 Å². The van der Waals surface area contributed by atoms with E-state index in [1.165, 1.54) is 0 Å². The molecule has 0 radical (unpaired) electrons. The lowest BCUT2D eigenvalue weighted by Gasteiger charge is -2.19. The van der Waals surface area contributed by atoms with Gasteiger partial charge < -0.3 is 19.9 Å². The molecule has 0 bridgehead atoms. The molecule has 114 valence electrons. The molecular weight excluding hydrogens is 254 g/mol. The van der Waals surface area contributed by atoms with Gasteiger partial charge in [0, 0.05) is 19.8 Å². The van der Waals surface area contributed by atoms with Crippen LogP contribution in [0.15, 0.2) is 18.2 Å². The second kappa shape index (κ2) is 8.82. The predicted molar refractivity (Wildman–Crippen MR) is 81.4 cm³/mol. The smallest absolute Gasteiger partial charge is 0.161 e. The third-order valence-electron chi connectivity index (χ3n) is 3.10. The molecule has 0 heterocycles. The Morgan fingerprint density at radius 2 is 1.75 bits per heavy atom. The van der Waals surface area contributed by atoms with Gasteiger partial charge in [0.25, 0.3) is 0 Å². The number of hydrogen-bond acceptors (Lipinski definition) is 4. The molecule has 0 aliphatic carbocycles. The SMILES string of the molecule is CCOc1ccc(C(N)CC(C)COC)cc1OCC. The normalized spacial score (nSPS) is 13.8. The van der Waals surface area contributed by atoms with Crippen LogP contribution in [-0.2, 0) is 4.74 Å². The maximum atomic E-state index is 6.26. The Morgan fingerprint density at radius 3 is 2.35 bits per heavy atom. The van der Waals surface area contributed by atoms with Crippen LogP contribution < -0.4 is 15.2 Å². The molecular formula is C16H27NO3. The molecule has 4 nitrogen and oxygen atoms in total. The highest BCUT2D eigenvalue weighted by molar-refractivity contribution is 5.43. The minimum Gasteiger partial charge on any atom is -0.490 e. The van der Waals surface area contributed by atoms with Crippen molar-refractivity contribution >= 4 is 0 Å².